The van der Waals surface area contributed by atoms with Crippen LogP contribution in [0.25, 0.3) is 0 Å². The Bertz CT molecular complexity index is 478. The van der Waals surface area contributed by atoms with Crippen molar-refractivity contribution >= 4 is 33.3 Å². The summed E-state index contributed by atoms with van der Waals surface area (Å²) >= 11 is 9.08. The van der Waals surface area contributed by atoms with Crippen molar-refractivity contribution < 1.29 is 4.74 Å². The summed E-state index contributed by atoms with van der Waals surface area (Å²) in [5.41, 5.74) is 1.34. The number of piperazine rings is 1. The number of benzene rings is 1. The first-order chi connectivity index (χ1) is 10.7. The van der Waals surface area contributed by atoms with Gasteiger partial charge in [-0.2, -0.15) is 0 Å². The van der Waals surface area contributed by atoms with Crippen molar-refractivity contribution in [3.05, 3.63) is 34.3 Å². The van der Waals surface area contributed by atoms with Gasteiger partial charge in [-0.15, -0.1) is 0 Å². The van der Waals surface area contributed by atoms with Crippen LogP contribution in [0, 0.1) is 0 Å². The Morgan fingerprint density at radius 1 is 1.27 bits per heavy atom. The van der Waals surface area contributed by atoms with Crippen molar-refractivity contribution in [2.24, 2.45) is 0 Å². The topological polar surface area (TPSA) is 27.7 Å². The van der Waals surface area contributed by atoms with Gasteiger partial charge in [0, 0.05) is 57.5 Å². The van der Waals surface area contributed by atoms with Crippen molar-refractivity contribution in [3.8, 4) is 0 Å². The number of hydrogen-bond acceptors (Lipinski definition) is 3. The van der Waals surface area contributed by atoms with Crippen LogP contribution in [-0.4, -0.2) is 61.4 Å². The number of nitrogens with zero attached hydrogens (tertiary/aromatic N) is 2. The molecule has 1 aromatic rings. The SMILES string of the molecule is COCCCNC(=S)N1CCN(Cc2ccccc2Br)CC1. The molecular weight excluding hydrogens is 362 g/mol. The third kappa shape index (κ3) is 5.50. The van der Waals surface area contributed by atoms with Gasteiger partial charge in [-0.05, 0) is 30.3 Å². The summed E-state index contributed by atoms with van der Waals surface area (Å²) in [6, 6.07) is 8.43. The molecule has 1 aliphatic heterocycles. The average Bonchev–Trinajstić information content (AvgIpc) is 2.54. The Hall–Kier alpha value is -0.690. The van der Waals surface area contributed by atoms with Crippen molar-refractivity contribution in [1.82, 2.24) is 15.1 Å². The highest BCUT2D eigenvalue weighted by Gasteiger charge is 2.19. The Morgan fingerprint density at radius 3 is 2.68 bits per heavy atom. The minimum Gasteiger partial charge on any atom is -0.385 e. The van der Waals surface area contributed by atoms with Crippen molar-refractivity contribution in [3.63, 3.8) is 0 Å². The lowest BCUT2D eigenvalue weighted by molar-refractivity contribution is 0.173. The minimum absolute atomic E-state index is 0.773. The summed E-state index contributed by atoms with van der Waals surface area (Å²) in [5.74, 6) is 0. The number of halogens is 1. The normalized spacial score (nSPS) is 15.8. The zero-order valence-corrected chi connectivity index (χ0v) is 15.5. The second kappa shape index (κ2) is 9.45. The fourth-order valence-electron chi connectivity index (χ4n) is 2.50. The number of ether oxygens (including phenoxy) is 1. The van der Waals surface area contributed by atoms with Crippen LogP contribution < -0.4 is 5.32 Å². The number of thiocarbonyl (C=S) groups is 1. The molecule has 1 aliphatic rings. The van der Waals surface area contributed by atoms with Gasteiger partial charge in [0.15, 0.2) is 5.11 Å². The molecule has 1 aromatic carbocycles. The lowest BCUT2D eigenvalue weighted by Gasteiger charge is -2.36. The molecule has 0 saturated carbocycles. The van der Waals surface area contributed by atoms with Crippen LogP contribution in [0.2, 0.25) is 0 Å². The van der Waals surface area contributed by atoms with Gasteiger partial charge in [0.2, 0.25) is 0 Å². The van der Waals surface area contributed by atoms with Crippen LogP contribution in [0.5, 0.6) is 0 Å². The third-order valence-corrected chi connectivity index (χ3v) is 4.99. The monoisotopic (exact) mass is 385 g/mol. The average molecular weight is 386 g/mol. The molecule has 0 unspecified atom stereocenters. The molecule has 22 heavy (non-hydrogen) atoms. The maximum absolute atomic E-state index is 5.46. The van der Waals surface area contributed by atoms with Gasteiger partial charge in [0.05, 0.1) is 0 Å². The van der Waals surface area contributed by atoms with E-state index in [1.165, 1.54) is 10.0 Å². The van der Waals surface area contributed by atoms with E-state index >= 15 is 0 Å². The molecule has 1 heterocycles. The van der Waals surface area contributed by atoms with Gasteiger partial charge in [0.1, 0.15) is 0 Å². The van der Waals surface area contributed by atoms with Crippen LogP contribution in [0.4, 0.5) is 0 Å². The second-order valence-corrected chi connectivity index (χ2v) is 6.67. The molecule has 1 N–H and O–H groups in total. The molecular formula is C16H24BrN3OS. The lowest BCUT2D eigenvalue weighted by Crippen LogP contribution is -2.51. The number of methoxy groups -OCH3 is 1. The maximum atomic E-state index is 5.46. The highest BCUT2D eigenvalue weighted by atomic mass is 79.9. The Labute approximate surface area is 146 Å². The predicted octanol–water partition coefficient (Wildman–Crippen LogP) is 2.48. The molecule has 0 bridgehead atoms. The highest BCUT2D eigenvalue weighted by molar-refractivity contribution is 9.10. The predicted molar refractivity (Wildman–Crippen MR) is 98.1 cm³/mol. The first-order valence-corrected chi connectivity index (χ1v) is 8.88. The highest BCUT2D eigenvalue weighted by Crippen LogP contribution is 2.18. The first kappa shape index (κ1) is 17.7. The molecule has 1 fully saturated rings. The number of hydrogen-bond donors (Lipinski definition) is 1. The molecule has 2 rings (SSSR count). The van der Waals surface area contributed by atoms with Crippen LogP contribution >= 0.6 is 28.1 Å². The molecule has 1 saturated heterocycles. The number of nitrogens with one attached hydrogen (secondary N) is 1. The van der Waals surface area contributed by atoms with E-state index in [1.807, 2.05) is 0 Å². The summed E-state index contributed by atoms with van der Waals surface area (Å²) in [5, 5.41) is 4.18. The number of rotatable bonds is 6. The largest absolute Gasteiger partial charge is 0.385 e. The van der Waals surface area contributed by atoms with Crippen molar-refractivity contribution in [2.45, 2.75) is 13.0 Å². The summed E-state index contributed by atoms with van der Waals surface area (Å²) in [4.78, 5) is 4.74. The van der Waals surface area contributed by atoms with Gasteiger partial charge in [-0.25, -0.2) is 0 Å². The van der Waals surface area contributed by atoms with Crippen LogP contribution in [-0.2, 0) is 11.3 Å². The second-order valence-electron chi connectivity index (χ2n) is 5.43. The minimum atomic E-state index is 0.773. The van der Waals surface area contributed by atoms with Gasteiger partial charge in [-0.3, -0.25) is 4.90 Å². The summed E-state index contributed by atoms with van der Waals surface area (Å²) < 4.78 is 6.23. The zero-order valence-electron chi connectivity index (χ0n) is 13.1. The molecule has 0 spiro atoms. The van der Waals surface area contributed by atoms with E-state index < -0.39 is 0 Å². The lowest BCUT2D eigenvalue weighted by atomic mass is 10.2. The quantitative estimate of drug-likeness (QED) is 0.599. The summed E-state index contributed by atoms with van der Waals surface area (Å²) in [6.45, 7) is 6.70. The van der Waals surface area contributed by atoms with E-state index in [-0.39, 0.29) is 0 Å². The summed E-state index contributed by atoms with van der Waals surface area (Å²) in [6.07, 6.45) is 0.985. The Morgan fingerprint density at radius 2 is 2.00 bits per heavy atom. The smallest absolute Gasteiger partial charge is 0.169 e. The molecule has 0 radical (unpaired) electrons. The van der Waals surface area contributed by atoms with E-state index in [0.29, 0.717) is 0 Å². The molecule has 0 amide bonds. The fraction of sp³-hybridized carbons (Fsp3) is 0.562. The molecule has 6 heteroatoms. The molecule has 4 nitrogen and oxygen atoms in total. The molecule has 122 valence electrons. The Kier molecular flexibility index (Phi) is 7.59. The fourth-order valence-corrected chi connectivity index (χ4v) is 3.20. The third-order valence-electron chi connectivity index (χ3n) is 3.81. The van der Waals surface area contributed by atoms with Gasteiger partial charge in [0.25, 0.3) is 0 Å². The summed E-state index contributed by atoms with van der Waals surface area (Å²) in [7, 11) is 1.72. The molecule has 0 aromatic heterocycles. The van der Waals surface area contributed by atoms with Gasteiger partial charge < -0.3 is 15.0 Å². The van der Waals surface area contributed by atoms with E-state index in [0.717, 1.165) is 57.4 Å². The van der Waals surface area contributed by atoms with E-state index in [9.17, 15) is 0 Å². The zero-order chi connectivity index (χ0) is 15.8. The Balaban J connectivity index is 1.71. The van der Waals surface area contributed by atoms with E-state index in [2.05, 4.69) is 55.3 Å². The first-order valence-electron chi connectivity index (χ1n) is 7.68. The van der Waals surface area contributed by atoms with E-state index in [1.54, 1.807) is 7.11 Å². The van der Waals surface area contributed by atoms with Crippen molar-refractivity contribution in [1.29, 1.82) is 0 Å². The maximum Gasteiger partial charge on any atom is 0.169 e. The van der Waals surface area contributed by atoms with Crippen LogP contribution in [0.1, 0.15) is 12.0 Å². The van der Waals surface area contributed by atoms with Gasteiger partial charge in [-0.1, -0.05) is 34.1 Å². The van der Waals surface area contributed by atoms with Gasteiger partial charge >= 0.3 is 0 Å². The van der Waals surface area contributed by atoms with Crippen molar-refractivity contribution in [2.75, 3.05) is 46.4 Å². The molecule has 0 aliphatic carbocycles. The van der Waals surface area contributed by atoms with Crippen LogP contribution in [0.3, 0.4) is 0 Å². The van der Waals surface area contributed by atoms with E-state index in [4.69, 9.17) is 17.0 Å². The standard InChI is InChI=1S/C16H24BrN3OS/c1-21-12-4-7-18-16(22)20-10-8-19(9-11-20)13-14-5-2-3-6-15(14)17/h2-3,5-6H,4,7-13H2,1H3,(H,18,22). The molecule has 0 atom stereocenters. The van der Waals surface area contributed by atoms with Crippen LogP contribution in [0.15, 0.2) is 28.7 Å².